The van der Waals surface area contributed by atoms with Crippen LogP contribution in [0.1, 0.15) is 16.8 Å². The largest absolute Gasteiger partial charge is 0.619 e. The standard InChI is InChI=1S/C14H14N4O3/c19-13(11-3-1-7-18(20)9-11)17-8-4-12(10-17)21-14-15-5-2-6-16-14/h1-3,5-7,9,12H,4,8,10H2/t12-/m0/s1. The molecule has 1 aliphatic rings. The zero-order chi connectivity index (χ0) is 14.7. The molecule has 3 rings (SSSR count). The second-order valence-corrected chi connectivity index (χ2v) is 4.76. The van der Waals surface area contributed by atoms with Crippen LogP contribution in [-0.2, 0) is 0 Å². The molecule has 0 aliphatic carbocycles. The van der Waals surface area contributed by atoms with Crippen molar-refractivity contribution in [2.75, 3.05) is 13.1 Å². The normalized spacial score (nSPS) is 17.7. The van der Waals surface area contributed by atoms with Gasteiger partial charge < -0.3 is 14.8 Å². The van der Waals surface area contributed by atoms with Crippen LogP contribution in [0.5, 0.6) is 6.01 Å². The maximum atomic E-state index is 12.3. The topological polar surface area (TPSA) is 82.3 Å². The number of pyridine rings is 1. The molecule has 0 unspecified atom stereocenters. The molecule has 21 heavy (non-hydrogen) atoms. The van der Waals surface area contributed by atoms with Gasteiger partial charge in [0.25, 0.3) is 5.91 Å². The smallest absolute Gasteiger partial charge is 0.316 e. The lowest BCUT2D eigenvalue weighted by atomic mass is 10.2. The summed E-state index contributed by atoms with van der Waals surface area (Å²) in [5.74, 6) is -0.166. The zero-order valence-corrected chi connectivity index (χ0v) is 11.3. The maximum absolute atomic E-state index is 12.3. The first-order chi connectivity index (χ1) is 10.2. The van der Waals surface area contributed by atoms with Gasteiger partial charge in [-0.2, -0.15) is 4.73 Å². The van der Waals surface area contributed by atoms with Gasteiger partial charge in [-0.3, -0.25) is 4.79 Å². The fraction of sp³-hybridized carbons (Fsp3) is 0.286. The number of aromatic nitrogens is 3. The van der Waals surface area contributed by atoms with Crippen molar-refractivity contribution in [2.24, 2.45) is 0 Å². The van der Waals surface area contributed by atoms with Crippen molar-refractivity contribution in [2.45, 2.75) is 12.5 Å². The van der Waals surface area contributed by atoms with E-state index in [0.717, 1.165) is 0 Å². The maximum Gasteiger partial charge on any atom is 0.316 e. The van der Waals surface area contributed by atoms with Gasteiger partial charge in [-0.25, -0.2) is 9.97 Å². The molecule has 108 valence electrons. The molecule has 0 saturated carbocycles. The van der Waals surface area contributed by atoms with E-state index < -0.39 is 0 Å². The summed E-state index contributed by atoms with van der Waals surface area (Å²) in [6.45, 7) is 1.05. The Balaban J connectivity index is 1.63. The summed E-state index contributed by atoms with van der Waals surface area (Å²) in [6, 6.07) is 5.21. The van der Waals surface area contributed by atoms with E-state index in [-0.39, 0.29) is 12.0 Å². The van der Waals surface area contributed by atoms with Gasteiger partial charge in [0.15, 0.2) is 12.4 Å². The Bertz CT molecular complexity index is 635. The fourth-order valence-corrected chi connectivity index (χ4v) is 2.27. The number of likely N-dealkylation sites (tertiary alicyclic amines) is 1. The number of carbonyl (C=O) groups is 1. The Morgan fingerprint density at radius 2 is 2.19 bits per heavy atom. The Kier molecular flexibility index (Phi) is 3.63. The molecule has 3 heterocycles. The monoisotopic (exact) mass is 286 g/mol. The van der Waals surface area contributed by atoms with E-state index in [1.807, 2.05) is 0 Å². The first kappa shape index (κ1) is 13.3. The third-order valence-corrected chi connectivity index (χ3v) is 3.27. The van der Waals surface area contributed by atoms with Gasteiger partial charge in [-0.1, -0.05) is 0 Å². The van der Waals surface area contributed by atoms with Gasteiger partial charge in [-0.15, -0.1) is 0 Å². The van der Waals surface area contributed by atoms with Crippen molar-refractivity contribution in [1.29, 1.82) is 0 Å². The highest BCUT2D eigenvalue weighted by atomic mass is 16.5. The molecular formula is C14H14N4O3. The van der Waals surface area contributed by atoms with E-state index in [4.69, 9.17) is 4.74 Å². The highest BCUT2D eigenvalue weighted by Gasteiger charge is 2.29. The zero-order valence-electron chi connectivity index (χ0n) is 11.3. The molecule has 1 amide bonds. The minimum Gasteiger partial charge on any atom is -0.619 e. The number of rotatable bonds is 3. The van der Waals surface area contributed by atoms with Crippen LogP contribution in [-0.4, -0.2) is 40.0 Å². The number of hydrogen-bond acceptors (Lipinski definition) is 5. The van der Waals surface area contributed by atoms with E-state index in [1.54, 1.807) is 35.5 Å². The Morgan fingerprint density at radius 1 is 1.38 bits per heavy atom. The molecule has 0 N–H and O–H groups in total. The fourth-order valence-electron chi connectivity index (χ4n) is 2.27. The van der Waals surface area contributed by atoms with Crippen molar-refractivity contribution < 1.29 is 14.3 Å². The van der Waals surface area contributed by atoms with E-state index in [0.29, 0.717) is 35.8 Å². The summed E-state index contributed by atoms with van der Waals surface area (Å²) in [4.78, 5) is 22.0. The van der Waals surface area contributed by atoms with Crippen LogP contribution < -0.4 is 9.47 Å². The lowest BCUT2D eigenvalue weighted by molar-refractivity contribution is -0.605. The van der Waals surface area contributed by atoms with Crippen LogP contribution in [0.4, 0.5) is 0 Å². The van der Waals surface area contributed by atoms with Crippen LogP contribution >= 0.6 is 0 Å². The SMILES string of the molecule is O=C(c1ccc[n+]([O-])c1)N1CC[C@H](Oc2ncccn2)C1. The number of nitrogens with zero attached hydrogens (tertiary/aromatic N) is 4. The molecule has 0 bridgehead atoms. The summed E-state index contributed by atoms with van der Waals surface area (Å²) in [7, 11) is 0. The number of hydrogen-bond donors (Lipinski definition) is 0. The molecule has 0 radical (unpaired) electrons. The summed E-state index contributed by atoms with van der Waals surface area (Å²) in [5, 5.41) is 11.2. The molecule has 0 spiro atoms. The second kappa shape index (κ2) is 5.74. The van der Waals surface area contributed by atoms with Crippen molar-refractivity contribution in [3.05, 3.63) is 53.8 Å². The summed E-state index contributed by atoms with van der Waals surface area (Å²) in [6.07, 6.45) is 6.43. The first-order valence-electron chi connectivity index (χ1n) is 6.64. The van der Waals surface area contributed by atoms with Crippen molar-refractivity contribution >= 4 is 5.91 Å². The van der Waals surface area contributed by atoms with E-state index in [9.17, 15) is 10.0 Å². The van der Waals surface area contributed by atoms with Gasteiger partial charge in [0.1, 0.15) is 11.7 Å². The average Bonchev–Trinajstić information content (AvgIpc) is 2.96. The Labute approximate surface area is 121 Å². The number of carbonyl (C=O) groups excluding carboxylic acids is 1. The van der Waals surface area contributed by atoms with Crippen molar-refractivity contribution in [3.8, 4) is 6.01 Å². The van der Waals surface area contributed by atoms with E-state index >= 15 is 0 Å². The minimum absolute atomic E-state index is 0.126. The Hall–Kier alpha value is -2.70. The second-order valence-electron chi connectivity index (χ2n) is 4.76. The van der Waals surface area contributed by atoms with Crippen LogP contribution in [0.25, 0.3) is 0 Å². The summed E-state index contributed by atoms with van der Waals surface area (Å²) < 4.78 is 6.25. The number of ether oxygens (including phenoxy) is 1. The van der Waals surface area contributed by atoms with E-state index in [1.165, 1.54) is 12.4 Å². The predicted octanol–water partition coefficient (Wildman–Crippen LogP) is 0.403. The molecular weight excluding hydrogens is 272 g/mol. The van der Waals surface area contributed by atoms with Gasteiger partial charge in [0, 0.05) is 31.4 Å². The van der Waals surface area contributed by atoms with Gasteiger partial charge in [-0.05, 0) is 12.1 Å². The van der Waals surface area contributed by atoms with Crippen molar-refractivity contribution in [1.82, 2.24) is 14.9 Å². The molecule has 0 aromatic carbocycles. The van der Waals surface area contributed by atoms with Crippen LogP contribution in [0, 0.1) is 5.21 Å². The number of amides is 1. The average molecular weight is 286 g/mol. The lowest BCUT2D eigenvalue weighted by Crippen LogP contribution is -2.33. The highest BCUT2D eigenvalue weighted by molar-refractivity contribution is 5.93. The van der Waals surface area contributed by atoms with Crippen molar-refractivity contribution in [3.63, 3.8) is 0 Å². The molecule has 7 nitrogen and oxygen atoms in total. The third-order valence-electron chi connectivity index (χ3n) is 3.27. The molecule has 1 saturated heterocycles. The first-order valence-corrected chi connectivity index (χ1v) is 6.64. The summed E-state index contributed by atoms with van der Waals surface area (Å²) in [5.41, 5.74) is 0.379. The van der Waals surface area contributed by atoms with Crippen LogP contribution in [0.15, 0.2) is 43.0 Å². The minimum atomic E-state index is -0.166. The molecule has 1 fully saturated rings. The molecule has 7 heteroatoms. The molecule has 2 aromatic rings. The van der Waals surface area contributed by atoms with Crippen LogP contribution in [0.2, 0.25) is 0 Å². The lowest BCUT2D eigenvalue weighted by Gasteiger charge is -2.16. The predicted molar refractivity (Wildman–Crippen MR) is 72.4 cm³/mol. The summed E-state index contributed by atoms with van der Waals surface area (Å²) >= 11 is 0. The van der Waals surface area contributed by atoms with Gasteiger partial charge >= 0.3 is 6.01 Å². The third kappa shape index (κ3) is 3.07. The van der Waals surface area contributed by atoms with Gasteiger partial charge in [0.05, 0.1) is 6.54 Å². The molecule has 1 aliphatic heterocycles. The Morgan fingerprint density at radius 3 is 2.95 bits per heavy atom. The van der Waals surface area contributed by atoms with E-state index in [2.05, 4.69) is 9.97 Å². The quantitative estimate of drug-likeness (QED) is 0.602. The molecule has 2 aromatic heterocycles. The molecule has 1 atom stereocenters. The highest BCUT2D eigenvalue weighted by Crippen LogP contribution is 2.16. The van der Waals surface area contributed by atoms with Gasteiger partial charge in [0.2, 0.25) is 0 Å². The van der Waals surface area contributed by atoms with Crippen LogP contribution in [0.3, 0.4) is 0 Å².